The van der Waals surface area contributed by atoms with Gasteiger partial charge in [-0.15, -0.1) is 0 Å². The quantitative estimate of drug-likeness (QED) is 0.888. The molecule has 106 valence electrons. The van der Waals surface area contributed by atoms with E-state index >= 15 is 0 Å². The van der Waals surface area contributed by atoms with Crippen LogP contribution in [-0.4, -0.2) is 16.5 Å². The molecule has 1 N–H and O–H groups in total. The van der Waals surface area contributed by atoms with Gasteiger partial charge in [-0.25, -0.2) is 14.4 Å². The summed E-state index contributed by atoms with van der Waals surface area (Å²) in [6.45, 7) is 4.71. The van der Waals surface area contributed by atoms with Crippen molar-refractivity contribution in [3.8, 4) is 11.6 Å². The molecule has 1 aromatic heterocycles. The predicted octanol–water partition coefficient (Wildman–Crippen LogP) is 4.16. The van der Waals surface area contributed by atoms with Crippen LogP contribution in [0.3, 0.4) is 0 Å². The fourth-order valence-electron chi connectivity index (χ4n) is 1.78. The highest BCUT2D eigenvalue weighted by Gasteiger charge is 2.13. The van der Waals surface area contributed by atoms with Crippen molar-refractivity contribution in [3.63, 3.8) is 0 Å². The molecule has 0 saturated carbocycles. The van der Waals surface area contributed by atoms with Gasteiger partial charge in [-0.2, -0.15) is 0 Å². The first kappa shape index (κ1) is 14.7. The van der Waals surface area contributed by atoms with Crippen molar-refractivity contribution in [2.45, 2.75) is 20.3 Å². The number of aromatic nitrogens is 2. The summed E-state index contributed by atoms with van der Waals surface area (Å²) in [5, 5.41) is 3.14. The first-order chi connectivity index (χ1) is 9.65. The van der Waals surface area contributed by atoms with Crippen LogP contribution in [0.15, 0.2) is 29.0 Å². The minimum absolute atomic E-state index is 0.143. The van der Waals surface area contributed by atoms with E-state index in [1.165, 1.54) is 12.4 Å². The average molecular weight is 340 g/mol. The van der Waals surface area contributed by atoms with Gasteiger partial charge in [0.15, 0.2) is 11.6 Å². The molecule has 0 aliphatic heterocycles. The van der Waals surface area contributed by atoms with Gasteiger partial charge in [-0.1, -0.05) is 22.9 Å². The number of rotatable bonds is 5. The summed E-state index contributed by atoms with van der Waals surface area (Å²) < 4.78 is 20.1. The van der Waals surface area contributed by atoms with Crippen molar-refractivity contribution in [3.05, 3.63) is 40.4 Å². The lowest BCUT2D eigenvalue weighted by atomic mass is 10.2. The highest BCUT2D eigenvalue weighted by Crippen LogP contribution is 2.30. The van der Waals surface area contributed by atoms with Gasteiger partial charge in [0, 0.05) is 11.0 Å². The summed E-state index contributed by atoms with van der Waals surface area (Å²) >= 11 is 3.21. The second-order valence-electron chi connectivity index (χ2n) is 4.07. The lowest BCUT2D eigenvalue weighted by Gasteiger charge is -2.13. The topological polar surface area (TPSA) is 47.0 Å². The second-order valence-corrected chi connectivity index (χ2v) is 4.98. The van der Waals surface area contributed by atoms with E-state index in [-0.39, 0.29) is 5.75 Å². The Morgan fingerprint density at radius 2 is 2.10 bits per heavy atom. The number of nitrogens with one attached hydrogen (secondary N) is 1. The van der Waals surface area contributed by atoms with Crippen LogP contribution in [0.2, 0.25) is 0 Å². The molecule has 0 fully saturated rings. The molecule has 0 unspecified atom stereocenters. The number of benzene rings is 1. The van der Waals surface area contributed by atoms with Crippen molar-refractivity contribution in [2.24, 2.45) is 0 Å². The van der Waals surface area contributed by atoms with Gasteiger partial charge in [0.25, 0.3) is 0 Å². The molecular weight excluding hydrogens is 325 g/mol. The van der Waals surface area contributed by atoms with Gasteiger partial charge in [0.1, 0.15) is 12.1 Å². The van der Waals surface area contributed by atoms with Crippen LogP contribution >= 0.6 is 15.9 Å². The van der Waals surface area contributed by atoms with Crippen LogP contribution in [0.4, 0.5) is 10.2 Å². The van der Waals surface area contributed by atoms with E-state index in [0.717, 1.165) is 17.9 Å². The van der Waals surface area contributed by atoms with Crippen LogP contribution in [-0.2, 0) is 6.42 Å². The van der Waals surface area contributed by atoms with E-state index in [2.05, 4.69) is 31.2 Å². The van der Waals surface area contributed by atoms with Crippen molar-refractivity contribution >= 4 is 21.7 Å². The lowest BCUT2D eigenvalue weighted by Crippen LogP contribution is -2.06. The number of hydrogen-bond acceptors (Lipinski definition) is 4. The van der Waals surface area contributed by atoms with E-state index < -0.39 is 5.82 Å². The number of anilines is 1. The molecule has 2 rings (SSSR count). The molecule has 1 aromatic carbocycles. The van der Waals surface area contributed by atoms with E-state index in [9.17, 15) is 4.39 Å². The zero-order valence-electron chi connectivity index (χ0n) is 11.3. The van der Waals surface area contributed by atoms with Gasteiger partial charge >= 0.3 is 0 Å². The third-order valence-corrected chi connectivity index (χ3v) is 3.20. The molecule has 1 heterocycles. The molecule has 20 heavy (non-hydrogen) atoms. The monoisotopic (exact) mass is 339 g/mol. The first-order valence-corrected chi connectivity index (χ1v) is 7.15. The maximum absolute atomic E-state index is 13.8. The second kappa shape index (κ2) is 6.65. The van der Waals surface area contributed by atoms with E-state index in [1.807, 2.05) is 13.8 Å². The molecule has 6 heteroatoms. The van der Waals surface area contributed by atoms with Gasteiger partial charge < -0.3 is 10.1 Å². The van der Waals surface area contributed by atoms with Crippen LogP contribution in [0.1, 0.15) is 19.4 Å². The molecule has 2 aromatic rings. The van der Waals surface area contributed by atoms with E-state index in [4.69, 9.17) is 4.74 Å². The maximum atomic E-state index is 13.8. The molecule has 0 amide bonds. The van der Waals surface area contributed by atoms with Gasteiger partial charge in [-0.3, -0.25) is 0 Å². The first-order valence-electron chi connectivity index (χ1n) is 6.36. The van der Waals surface area contributed by atoms with Crippen LogP contribution in [0.5, 0.6) is 11.6 Å². The Kier molecular flexibility index (Phi) is 4.89. The zero-order valence-corrected chi connectivity index (χ0v) is 12.9. The molecule has 0 atom stereocenters. The number of nitrogens with zero attached hydrogens (tertiary/aromatic N) is 2. The molecule has 0 spiro atoms. The fourth-order valence-corrected chi connectivity index (χ4v) is 2.12. The Labute approximate surface area is 125 Å². The zero-order chi connectivity index (χ0) is 14.5. The Bertz CT molecular complexity index is 607. The van der Waals surface area contributed by atoms with E-state index in [0.29, 0.717) is 16.8 Å². The van der Waals surface area contributed by atoms with E-state index in [1.54, 1.807) is 12.1 Å². The SMILES string of the molecule is CCNc1ncnc(Oc2ccc(Br)cc2F)c1CC. The van der Waals surface area contributed by atoms with Crippen molar-refractivity contribution in [2.75, 3.05) is 11.9 Å². The normalized spacial score (nSPS) is 10.4. The molecule has 0 radical (unpaired) electrons. The minimum Gasteiger partial charge on any atom is -0.435 e. The van der Waals surface area contributed by atoms with Crippen LogP contribution in [0.25, 0.3) is 0 Å². The summed E-state index contributed by atoms with van der Waals surface area (Å²) in [7, 11) is 0. The number of hydrogen-bond donors (Lipinski definition) is 1. The van der Waals surface area contributed by atoms with Crippen LogP contribution < -0.4 is 10.1 Å². The van der Waals surface area contributed by atoms with Crippen LogP contribution in [0, 0.1) is 5.82 Å². The number of halogens is 2. The summed E-state index contributed by atoms with van der Waals surface area (Å²) in [6.07, 6.45) is 2.10. The standard InChI is InChI=1S/C14H15BrFN3O/c1-3-10-13(17-4-2)18-8-19-14(10)20-12-6-5-9(15)7-11(12)16/h5-8H,3-4H2,1-2H3,(H,17,18,19). The molecule has 4 nitrogen and oxygen atoms in total. The maximum Gasteiger partial charge on any atom is 0.227 e. The Morgan fingerprint density at radius 3 is 2.75 bits per heavy atom. The third-order valence-electron chi connectivity index (χ3n) is 2.70. The van der Waals surface area contributed by atoms with Gasteiger partial charge in [-0.05, 0) is 31.5 Å². The summed E-state index contributed by atoms with van der Waals surface area (Å²) in [6, 6.07) is 4.64. The van der Waals surface area contributed by atoms with Crippen molar-refractivity contribution < 1.29 is 9.13 Å². The summed E-state index contributed by atoms with van der Waals surface area (Å²) in [5.41, 5.74) is 0.830. The summed E-state index contributed by atoms with van der Waals surface area (Å²) in [5.74, 6) is 0.797. The molecular formula is C14H15BrFN3O. The van der Waals surface area contributed by atoms with Gasteiger partial charge in [0.2, 0.25) is 5.88 Å². The number of ether oxygens (including phenoxy) is 1. The lowest BCUT2D eigenvalue weighted by molar-refractivity contribution is 0.422. The van der Waals surface area contributed by atoms with Crippen molar-refractivity contribution in [1.29, 1.82) is 0 Å². The Morgan fingerprint density at radius 1 is 1.30 bits per heavy atom. The average Bonchev–Trinajstić information content (AvgIpc) is 2.42. The highest BCUT2D eigenvalue weighted by atomic mass is 79.9. The van der Waals surface area contributed by atoms with Gasteiger partial charge in [0.05, 0.1) is 5.56 Å². The predicted molar refractivity (Wildman–Crippen MR) is 79.7 cm³/mol. The van der Waals surface area contributed by atoms with Crippen molar-refractivity contribution in [1.82, 2.24) is 9.97 Å². The molecule has 0 saturated heterocycles. The minimum atomic E-state index is -0.440. The Balaban J connectivity index is 2.35. The third kappa shape index (κ3) is 3.25. The molecule has 0 aliphatic carbocycles. The largest absolute Gasteiger partial charge is 0.435 e. The smallest absolute Gasteiger partial charge is 0.227 e. The fraction of sp³-hybridized carbons (Fsp3) is 0.286. The Hall–Kier alpha value is -1.69. The molecule has 0 aliphatic rings. The summed E-state index contributed by atoms with van der Waals surface area (Å²) in [4.78, 5) is 8.27. The molecule has 0 bridgehead atoms. The highest BCUT2D eigenvalue weighted by molar-refractivity contribution is 9.10.